The lowest BCUT2D eigenvalue weighted by atomic mass is 10.1. The third kappa shape index (κ3) is 3.08. The highest BCUT2D eigenvalue weighted by Crippen LogP contribution is 2.23. The molecule has 0 spiro atoms. The zero-order valence-corrected chi connectivity index (χ0v) is 12.9. The van der Waals surface area contributed by atoms with Crippen LogP contribution in [0, 0.1) is 6.92 Å². The first-order chi connectivity index (χ1) is 11.0. The van der Waals surface area contributed by atoms with Crippen molar-refractivity contribution in [2.75, 3.05) is 10.6 Å². The summed E-state index contributed by atoms with van der Waals surface area (Å²) in [6.07, 6.45) is 0. The molecule has 2 aromatic carbocycles. The molecule has 1 aromatic heterocycles. The van der Waals surface area contributed by atoms with Gasteiger partial charge in [0.15, 0.2) is 0 Å². The van der Waals surface area contributed by atoms with Crippen LogP contribution in [0.25, 0.3) is 10.9 Å². The highest BCUT2D eigenvalue weighted by molar-refractivity contribution is 6.14. The second-order valence-electron chi connectivity index (χ2n) is 5.38. The van der Waals surface area contributed by atoms with Gasteiger partial charge in [0.25, 0.3) is 5.91 Å². The predicted octanol–water partition coefficient (Wildman–Crippen LogP) is 3.69. The summed E-state index contributed by atoms with van der Waals surface area (Å²) in [6.45, 7) is 3.34. The van der Waals surface area contributed by atoms with E-state index in [2.05, 4.69) is 15.6 Å². The Morgan fingerprint density at radius 2 is 1.52 bits per heavy atom. The molecule has 0 saturated carbocycles. The van der Waals surface area contributed by atoms with Crippen LogP contribution in [0.2, 0.25) is 0 Å². The average Bonchev–Trinajstić information content (AvgIpc) is 2.84. The minimum Gasteiger partial charge on any atom is -0.358 e. The standard InChI is InChI=1S/C18H17N3O2/c1-11-17(15-5-3-4-6-16(15)19-11)18(23)21-14-9-7-13(8-10-14)20-12(2)22/h3-10,19H,1-2H3,(H,20,22)(H,21,23). The second-order valence-corrected chi connectivity index (χ2v) is 5.38. The van der Waals surface area contributed by atoms with Crippen molar-refractivity contribution in [2.24, 2.45) is 0 Å². The van der Waals surface area contributed by atoms with Gasteiger partial charge in [0.05, 0.1) is 5.56 Å². The lowest BCUT2D eigenvalue weighted by molar-refractivity contribution is -0.114. The Hall–Kier alpha value is -3.08. The maximum absolute atomic E-state index is 12.6. The molecule has 23 heavy (non-hydrogen) atoms. The Bertz CT molecular complexity index is 879. The van der Waals surface area contributed by atoms with Crippen LogP contribution in [0.4, 0.5) is 11.4 Å². The Balaban J connectivity index is 1.83. The third-order valence-corrected chi connectivity index (χ3v) is 3.58. The van der Waals surface area contributed by atoms with E-state index in [9.17, 15) is 9.59 Å². The number of carbonyl (C=O) groups is 2. The average molecular weight is 307 g/mol. The molecule has 3 N–H and O–H groups in total. The number of hydrogen-bond donors (Lipinski definition) is 3. The van der Waals surface area contributed by atoms with Crippen molar-refractivity contribution in [2.45, 2.75) is 13.8 Å². The molecule has 0 atom stereocenters. The molecule has 3 aromatic rings. The van der Waals surface area contributed by atoms with Crippen molar-refractivity contribution in [1.29, 1.82) is 0 Å². The summed E-state index contributed by atoms with van der Waals surface area (Å²) in [5, 5.41) is 6.48. The largest absolute Gasteiger partial charge is 0.358 e. The maximum atomic E-state index is 12.6. The number of H-pyrrole nitrogens is 1. The van der Waals surface area contributed by atoms with Crippen LogP contribution in [-0.4, -0.2) is 16.8 Å². The van der Waals surface area contributed by atoms with E-state index in [-0.39, 0.29) is 11.8 Å². The fourth-order valence-electron chi connectivity index (χ4n) is 2.60. The lowest BCUT2D eigenvalue weighted by Gasteiger charge is -2.07. The number of aromatic amines is 1. The molecule has 0 saturated heterocycles. The number of benzene rings is 2. The highest BCUT2D eigenvalue weighted by Gasteiger charge is 2.15. The van der Waals surface area contributed by atoms with E-state index in [0.29, 0.717) is 16.9 Å². The molecule has 0 aliphatic rings. The number of anilines is 2. The van der Waals surface area contributed by atoms with Crippen LogP contribution < -0.4 is 10.6 Å². The molecule has 0 aliphatic heterocycles. The molecular formula is C18H17N3O2. The zero-order valence-electron chi connectivity index (χ0n) is 12.9. The molecule has 3 rings (SSSR count). The maximum Gasteiger partial charge on any atom is 0.258 e. The van der Waals surface area contributed by atoms with Gasteiger partial charge >= 0.3 is 0 Å². The van der Waals surface area contributed by atoms with Gasteiger partial charge in [-0.25, -0.2) is 0 Å². The second kappa shape index (κ2) is 5.96. The van der Waals surface area contributed by atoms with Crippen molar-refractivity contribution in [3.63, 3.8) is 0 Å². The van der Waals surface area contributed by atoms with Crippen LogP contribution in [0.15, 0.2) is 48.5 Å². The number of aromatic nitrogens is 1. The van der Waals surface area contributed by atoms with E-state index >= 15 is 0 Å². The van der Waals surface area contributed by atoms with Crippen LogP contribution in [0.5, 0.6) is 0 Å². The monoisotopic (exact) mass is 307 g/mol. The molecule has 5 heteroatoms. The van der Waals surface area contributed by atoms with Crippen LogP contribution in [-0.2, 0) is 4.79 Å². The van der Waals surface area contributed by atoms with Gasteiger partial charge in [-0.1, -0.05) is 18.2 Å². The van der Waals surface area contributed by atoms with Gasteiger partial charge in [-0.15, -0.1) is 0 Å². The number of rotatable bonds is 3. The normalized spacial score (nSPS) is 10.5. The molecule has 0 unspecified atom stereocenters. The summed E-state index contributed by atoms with van der Waals surface area (Å²) in [5.74, 6) is -0.288. The summed E-state index contributed by atoms with van der Waals surface area (Å²) in [4.78, 5) is 26.8. The summed E-state index contributed by atoms with van der Waals surface area (Å²) in [5.41, 5.74) is 3.79. The number of fused-ring (bicyclic) bond motifs is 1. The lowest BCUT2D eigenvalue weighted by Crippen LogP contribution is -2.13. The van der Waals surface area contributed by atoms with E-state index < -0.39 is 0 Å². The topological polar surface area (TPSA) is 74.0 Å². The molecule has 5 nitrogen and oxygen atoms in total. The van der Waals surface area contributed by atoms with Crippen molar-refractivity contribution in [1.82, 2.24) is 4.98 Å². The predicted molar refractivity (Wildman–Crippen MR) is 91.7 cm³/mol. The smallest absolute Gasteiger partial charge is 0.258 e. The van der Waals surface area contributed by atoms with Crippen LogP contribution >= 0.6 is 0 Å². The first kappa shape index (κ1) is 14.8. The van der Waals surface area contributed by atoms with Crippen LogP contribution in [0.1, 0.15) is 23.0 Å². The van der Waals surface area contributed by atoms with E-state index in [1.807, 2.05) is 31.2 Å². The molecule has 2 amide bonds. The van der Waals surface area contributed by atoms with Gasteiger partial charge in [0, 0.05) is 34.9 Å². The van der Waals surface area contributed by atoms with E-state index in [1.54, 1.807) is 24.3 Å². The third-order valence-electron chi connectivity index (χ3n) is 3.58. The summed E-state index contributed by atoms with van der Waals surface area (Å²) >= 11 is 0. The van der Waals surface area contributed by atoms with E-state index in [4.69, 9.17) is 0 Å². The Morgan fingerprint density at radius 1 is 0.913 bits per heavy atom. The molecule has 0 bridgehead atoms. The summed E-state index contributed by atoms with van der Waals surface area (Å²) < 4.78 is 0. The molecule has 1 heterocycles. The van der Waals surface area contributed by atoms with Crippen molar-refractivity contribution < 1.29 is 9.59 Å². The van der Waals surface area contributed by atoms with Gasteiger partial charge in [-0.2, -0.15) is 0 Å². The van der Waals surface area contributed by atoms with Crippen molar-refractivity contribution >= 4 is 34.1 Å². The summed E-state index contributed by atoms with van der Waals surface area (Å²) in [7, 11) is 0. The quantitative estimate of drug-likeness (QED) is 0.690. The fraction of sp³-hybridized carbons (Fsp3) is 0.111. The van der Waals surface area contributed by atoms with Gasteiger partial charge < -0.3 is 15.6 Å². The number of amides is 2. The minimum atomic E-state index is -0.160. The number of nitrogens with one attached hydrogen (secondary N) is 3. The number of aryl methyl sites for hydroxylation is 1. The first-order valence-electron chi connectivity index (χ1n) is 7.31. The number of para-hydroxylation sites is 1. The SMILES string of the molecule is CC(=O)Nc1ccc(NC(=O)c2c(C)[nH]c3ccccc23)cc1. The van der Waals surface area contributed by atoms with Crippen molar-refractivity contribution in [3.8, 4) is 0 Å². The van der Waals surface area contributed by atoms with Crippen LogP contribution in [0.3, 0.4) is 0 Å². The zero-order chi connectivity index (χ0) is 16.4. The van der Waals surface area contributed by atoms with E-state index in [1.165, 1.54) is 6.92 Å². The molecule has 116 valence electrons. The molecular weight excluding hydrogens is 290 g/mol. The Morgan fingerprint density at radius 3 is 2.17 bits per heavy atom. The van der Waals surface area contributed by atoms with Gasteiger partial charge in [-0.05, 0) is 37.3 Å². The van der Waals surface area contributed by atoms with Gasteiger partial charge in [-0.3, -0.25) is 9.59 Å². The first-order valence-corrected chi connectivity index (χ1v) is 7.31. The summed E-state index contributed by atoms with van der Waals surface area (Å²) in [6, 6.07) is 14.7. The van der Waals surface area contributed by atoms with Gasteiger partial charge in [0.1, 0.15) is 0 Å². The van der Waals surface area contributed by atoms with Crippen molar-refractivity contribution in [3.05, 3.63) is 59.8 Å². The van der Waals surface area contributed by atoms with Gasteiger partial charge in [0.2, 0.25) is 5.91 Å². The number of hydrogen-bond acceptors (Lipinski definition) is 2. The Labute approximate surface area is 133 Å². The molecule has 0 fully saturated rings. The molecule has 0 aliphatic carbocycles. The number of carbonyl (C=O) groups excluding carboxylic acids is 2. The minimum absolute atomic E-state index is 0.129. The Kier molecular flexibility index (Phi) is 3.85. The molecule has 0 radical (unpaired) electrons. The fourth-order valence-corrected chi connectivity index (χ4v) is 2.60. The highest BCUT2D eigenvalue weighted by atomic mass is 16.2. The van der Waals surface area contributed by atoms with E-state index in [0.717, 1.165) is 16.6 Å².